The Hall–Kier alpha value is -2.17. The number of carbonyl (C=O) groups excluding carboxylic acids is 1. The Morgan fingerprint density at radius 1 is 1.21 bits per heavy atom. The third-order valence-corrected chi connectivity index (χ3v) is 2.10. The Labute approximate surface area is 78.2 Å². The number of aromatic nitrogens is 1. The molecule has 1 aromatic rings. The van der Waals surface area contributed by atoms with Gasteiger partial charge >= 0.3 is 0 Å². The van der Waals surface area contributed by atoms with Crippen LogP contribution in [0, 0.1) is 0 Å². The van der Waals surface area contributed by atoms with Crippen LogP contribution in [0.15, 0.2) is 27.7 Å². The standard InChI is InChI=1S/C9H4N4O/c14-6-2-1-5-4-10-9-8(7(5)3-6)11-13-12-9/h1-4H. The highest BCUT2D eigenvalue weighted by Gasteiger charge is 2.10. The van der Waals surface area contributed by atoms with Gasteiger partial charge in [0.1, 0.15) is 5.36 Å². The molecule has 66 valence electrons. The minimum Gasteiger partial charge on any atom is -0.290 e. The van der Waals surface area contributed by atoms with Crippen LogP contribution >= 0.6 is 0 Å². The molecule has 0 unspecified atom stereocenters. The largest absolute Gasteiger partial charge is 0.290 e. The summed E-state index contributed by atoms with van der Waals surface area (Å²) in [5.74, 6) is 0.427. The quantitative estimate of drug-likeness (QED) is 0.573. The zero-order valence-corrected chi connectivity index (χ0v) is 7.01. The van der Waals surface area contributed by atoms with E-state index in [1.165, 1.54) is 12.2 Å². The lowest BCUT2D eigenvalue weighted by atomic mass is 10.1. The summed E-state index contributed by atoms with van der Waals surface area (Å²) < 4.78 is 0. The fraction of sp³-hybridized carbons (Fsp3) is 0. The molecule has 0 amide bonds. The highest BCUT2D eigenvalue weighted by Crippen LogP contribution is 2.07. The van der Waals surface area contributed by atoms with Crippen LogP contribution in [0.2, 0.25) is 0 Å². The van der Waals surface area contributed by atoms with E-state index in [1.807, 2.05) is 0 Å². The molecular weight excluding hydrogens is 180 g/mol. The topological polar surface area (TPSA) is 67.0 Å². The van der Waals surface area contributed by atoms with Gasteiger partial charge in [0.25, 0.3) is 0 Å². The average Bonchev–Trinajstić information content (AvgIpc) is 2.65. The van der Waals surface area contributed by atoms with Gasteiger partial charge < -0.3 is 0 Å². The van der Waals surface area contributed by atoms with Crippen molar-refractivity contribution in [2.24, 2.45) is 15.4 Å². The minimum absolute atomic E-state index is 0.0481. The maximum Gasteiger partial charge on any atom is 0.204 e. The molecule has 0 saturated carbocycles. The van der Waals surface area contributed by atoms with Crippen molar-refractivity contribution in [3.8, 4) is 0 Å². The van der Waals surface area contributed by atoms with Gasteiger partial charge in [0.15, 0.2) is 5.78 Å². The highest BCUT2D eigenvalue weighted by molar-refractivity contribution is 6.16. The number of hydrogen-bond donors (Lipinski definition) is 0. The maximum atomic E-state index is 11.2. The van der Waals surface area contributed by atoms with E-state index >= 15 is 0 Å². The molecule has 1 aliphatic heterocycles. The van der Waals surface area contributed by atoms with Crippen molar-refractivity contribution in [2.75, 3.05) is 0 Å². The maximum absolute atomic E-state index is 11.2. The summed E-state index contributed by atoms with van der Waals surface area (Å²) in [4.78, 5) is 15.2. The zero-order chi connectivity index (χ0) is 9.54. The molecule has 0 fully saturated rings. The molecule has 0 atom stereocenters. The molecule has 0 N–H and O–H groups in total. The van der Waals surface area contributed by atoms with Gasteiger partial charge in [-0.2, -0.15) is 0 Å². The minimum atomic E-state index is -0.0481. The van der Waals surface area contributed by atoms with E-state index in [4.69, 9.17) is 0 Å². The second kappa shape index (κ2) is 2.41. The second-order valence-corrected chi connectivity index (χ2v) is 2.97. The molecule has 3 rings (SSSR count). The Morgan fingerprint density at radius 2 is 2.14 bits per heavy atom. The zero-order valence-electron chi connectivity index (χ0n) is 7.01. The molecule has 14 heavy (non-hydrogen) atoms. The fourth-order valence-corrected chi connectivity index (χ4v) is 1.45. The van der Waals surface area contributed by atoms with Crippen molar-refractivity contribution in [2.45, 2.75) is 0 Å². The Kier molecular flexibility index (Phi) is 1.25. The summed E-state index contributed by atoms with van der Waals surface area (Å²) in [5, 5.41) is 12.4. The Morgan fingerprint density at radius 3 is 3.07 bits per heavy atom. The molecule has 0 bridgehead atoms. The number of pyridine rings is 1. The first kappa shape index (κ1) is 7.25. The van der Waals surface area contributed by atoms with Crippen LogP contribution in [-0.2, 0) is 4.79 Å². The molecule has 1 aromatic heterocycles. The summed E-state index contributed by atoms with van der Waals surface area (Å²) in [6.07, 6.45) is 6.40. The lowest BCUT2D eigenvalue weighted by Gasteiger charge is -1.99. The Bertz CT molecular complexity index is 612. The molecule has 0 saturated heterocycles. The van der Waals surface area contributed by atoms with Crippen LogP contribution in [0.1, 0.15) is 5.56 Å². The number of allylic oxidation sites excluding steroid dienone is 1. The number of nitrogens with zero attached hydrogens (tertiary/aromatic N) is 4. The number of rotatable bonds is 0. The van der Waals surface area contributed by atoms with Gasteiger partial charge in [0.05, 0.1) is 0 Å². The first-order chi connectivity index (χ1) is 6.84. The molecule has 0 spiro atoms. The van der Waals surface area contributed by atoms with E-state index < -0.39 is 0 Å². The summed E-state index contributed by atoms with van der Waals surface area (Å²) >= 11 is 0. The summed E-state index contributed by atoms with van der Waals surface area (Å²) in [6, 6.07) is 0. The number of hydrogen-bond acceptors (Lipinski definition) is 5. The van der Waals surface area contributed by atoms with Crippen molar-refractivity contribution in [3.63, 3.8) is 0 Å². The molecular formula is C9H4N4O. The normalized spacial score (nSPS) is 15.9. The molecule has 5 heteroatoms. The monoisotopic (exact) mass is 184 g/mol. The average molecular weight is 184 g/mol. The summed E-state index contributed by atoms with van der Waals surface area (Å²) in [7, 11) is 0. The van der Waals surface area contributed by atoms with Gasteiger partial charge in [-0.25, -0.2) is 4.98 Å². The summed E-state index contributed by atoms with van der Waals surface area (Å²) in [6.45, 7) is 0. The van der Waals surface area contributed by atoms with Crippen LogP contribution < -0.4 is 10.6 Å². The second-order valence-electron chi connectivity index (χ2n) is 2.97. The fourth-order valence-electron chi connectivity index (χ4n) is 1.45. The van der Waals surface area contributed by atoms with Crippen LogP contribution in [0.25, 0.3) is 12.2 Å². The molecule has 1 aliphatic carbocycles. The van der Waals surface area contributed by atoms with Crippen molar-refractivity contribution >= 4 is 23.8 Å². The Balaban J connectivity index is 2.51. The van der Waals surface area contributed by atoms with Crippen molar-refractivity contribution in [1.82, 2.24) is 4.98 Å². The van der Waals surface area contributed by atoms with Gasteiger partial charge in [-0.1, -0.05) is 0 Å². The predicted molar refractivity (Wildman–Crippen MR) is 48.0 cm³/mol. The van der Waals surface area contributed by atoms with Gasteiger partial charge in [-0.05, 0) is 23.5 Å². The van der Waals surface area contributed by atoms with Crippen LogP contribution in [0.3, 0.4) is 0 Å². The van der Waals surface area contributed by atoms with Gasteiger partial charge in [-0.3, -0.25) is 4.79 Å². The van der Waals surface area contributed by atoms with E-state index in [9.17, 15) is 4.79 Å². The lowest BCUT2D eigenvalue weighted by Crippen LogP contribution is -2.30. The van der Waals surface area contributed by atoms with Crippen LogP contribution in [-0.4, -0.2) is 10.8 Å². The van der Waals surface area contributed by atoms with E-state index in [0.717, 1.165) is 10.8 Å². The van der Waals surface area contributed by atoms with E-state index in [2.05, 4.69) is 20.4 Å². The smallest absolute Gasteiger partial charge is 0.204 e. The summed E-state index contributed by atoms with van der Waals surface area (Å²) in [5.41, 5.74) is 0.874. The van der Waals surface area contributed by atoms with Crippen molar-refractivity contribution < 1.29 is 4.79 Å². The molecule has 0 aromatic carbocycles. The van der Waals surface area contributed by atoms with Gasteiger partial charge in [-0.15, -0.1) is 10.2 Å². The van der Waals surface area contributed by atoms with E-state index in [1.54, 1.807) is 12.3 Å². The predicted octanol–water partition coefficient (Wildman–Crippen LogP) is 0.0899. The first-order valence-corrected chi connectivity index (χ1v) is 4.06. The van der Waals surface area contributed by atoms with Gasteiger partial charge in [0.2, 0.25) is 5.82 Å². The SMILES string of the molecule is O=C1C=Cc2cnc3c(c2=C1)=NN=N3. The van der Waals surface area contributed by atoms with E-state index in [0.29, 0.717) is 11.2 Å². The number of ketones is 1. The lowest BCUT2D eigenvalue weighted by molar-refractivity contribution is -0.109. The van der Waals surface area contributed by atoms with Crippen LogP contribution in [0.4, 0.5) is 5.82 Å². The van der Waals surface area contributed by atoms with Gasteiger partial charge in [0, 0.05) is 17.0 Å². The molecule has 5 nitrogen and oxygen atoms in total. The van der Waals surface area contributed by atoms with E-state index in [-0.39, 0.29) is 5.78 Å². The molecule has 0 radical (unpaired) electrons. The van der Waals surface area contributed by atoms with Crippen LogP contribution in [0.5, 0.6) is 0 Å². The molecule has 2 aliphatic rings. The van der Waals surface area contributed by atoms with Crippen molar-refractivity contribution in [1.29, 1.82) is 0 Å². The van der Waals surface area contributed by atoms with Crippen molar-refractivity contribution in [3.05, 3.63) is 28.4 Å². The number of carbonyl (C=O) groups is 1. The molecule has 2 heterocycles. The highest BCUT2D eigenvalue weighted by atomic mass is 16.1. The third-order valence-electron chi connectivity index (χ3n) is 2.10. The third kappa shape index (κ3) is 0.861. The first-order valence-electron chi connectivity index (χ1n) is 4.06. The number of fused-ring (bicyclic) bond motifs is 3.